The SMILES string of the molecule is NC1(c2ccc(C(F)(F)F)cc2)CCC(F)(F)C1. The minimum atomic E-state index is -4.43. The highest BCUT2D eigenvalue weighted by molar-refractivity contribution is 5.31. The van der Waals surface area contributed by atoms with Crippen molar-refractivity contribution in [3.05, 3.63) is 35.4 Å². The number of rotatable bonds is 1. The van der Waals surface area contributed by atoms with Crippen LogP contribution in [0.25, 0.3) is 0 Å². The first-order chi connectivity index (χ1) is 8.12. The summed E-state index contributed by atoms with van der Waals surface area (Å²) in [5.41, 5.74) is 4.15. The molecule has 1 unspecified atom stereocenters. The fourth-order valence-electron chi connectivity index (χ4n) is 2.28. The topological polar surface area (TPSA) is 26.0 Å². The minimum absolute atomic E-state index is 0.0748. The maximum atomic E-state index is 13.1. The molecule has 1 aliphatic rings. The Morgan fingerprint density at radius 2 is 1.56 bits per heavy atom. The molecule has 0 radical (unpaired) electrons. The van der Waals surface area contributed by atoms with Gasteiger partial charge in [-0.3, -0.25) is 0 Å². The van der Waals surface area contributed by atoms with E-state index in [1.54, 1.807) is 0 Å². The number of hydrogen-bond acceptors (Lipinski definition) is 1. The normalized spacial score (nSPS) is 27.4. The van der Waals surface area contributed by atoms with Crippen LogP contribution in [0.2, 0.25) is 0 Å². The third-order valence-corrected chi connectivity index (χ3v) is 3.30. The number of hydrogen-bond donors (Lipinski definition) is 1. The van der Waals surface area contributed by atoms with Crippen LogP contribution in [-0.4, -0.2) is 5.92 Å². The largest absolute Gasteiger partial charge is 0.416 e. The predicted octanol–water partition coefficient (Wildman–Crippen LogP) is 3.68. The first-order valence-electron chi connectivity index (χ1n) is 5.47. The van der Waals surface area contributed by atoms with Crippen LogP contribution >= 0.6 is 0 Å². The lowest BCUT2D eigenvalue weighted by molar-refractivity contribution is -0.137. The maximum Gasteiger partial charge on any atom is 0.416 e. The summed E-state index contributed by atoms with van der Waals surface area (Å²) in [7, 11) is 0. The zero-order chi connectivity index (χ0) is 13.6. The van der Waals surface area contributed by atoms with E-state index in [0.29, 0.717) is 5.56 Å². The number of alkyl halides is 5. The van der Waals surface area contributed by atoms with Crippen LogP contribution in [0.5, 0.6) is 0 Å². The van der Waals surface area contributed by atoms with E-state index in [1.165, 1.54) is 12.1 Å². The van der Waals surface area contributed by atoms with Gasteiger partial charge in [0.1, 0.15) is 0 Å². The molecular weight excluding hydrogens is 253 g/mol. The predicted molar refractivity (Wildman–Crippen MR) is 56.1 cm³/mol. The summed E-state index contributed by atoms with van der Waals surface area (Å²) in [4.78, 5) is 0. The Bertz CT molecular complexity index is 437. The highest BCUT2D eigenvalue weighted by atomic mass is 19.4. The standard InChI is InChI=1S/C12H12F5N/c13-11(14)6-5-10(18,7-11)8-1-3-9(4-2-8)12(15,16)17/h1-4H,5-7,18H2. The Labute approximate surface area is 101 Å². The lowest BCUT2D eigenvalue weighted by atomic mass is 9.88. The van der Waals surface area contributed by atoms with Crippen molar-refractivity contribution in [1.29, 1.82) is 0 Å². The van der Waals surface area contributed by atoms with Crippen molar-refractivity contribution in [2.45, 2.75) is 36.9 Å². The van der Waals surface area contributed by atoms with Crippen LogP contribution in [0.15, 0.2) is 24.3 Å². The van der Waals surface area contributed by atoms with Gasteiger partial charge in [0.2, 0.25) is 5.92 Å². The summed E-state index contributed by atoms with van der Waals surface area (Å²) < 4.78 is 63.4. The van der Waals surface area contributed by atoms with Gasteiger partial charge < -0.3 is 5.73 Å². The van der Waals surface area contributed by atoms with Crippen molar-refractivity contribution in [1.82, 2.24) is 0 Å². The summed E-state index contributed by atoms with van der Waals surface area (Å²) in [6.07, 6.45) is -5.21. The number of benzene rings is 1. The second kappa shape index (κ2) is 3.91. The summed E-state index contributed by atoms with van der Waals surface area (Å²) in [6, 6.07) is 4.12. The molecule has 18 heavy (non-hydrogen) atoms. The van der Waals surface area contributed by atoms with E-state index in [9.17, 15) is 22.0 Å². The van der Waals surface area contributed by atoms with E-state index in [2.05, 4.69) is 0 Å². The Morgan fingerprint density at radius 3 is 1.94 bits per heavy atom. The van der Waals surface area contributed by atoms with E-state index in [-0.39, 0.29) is 12.8 Å². The second-order valence-electron chi connectivity index (χ2n) is 4.76. The Hall–Kier alpha value is -1.17. The molecule has 0 aromatic heterocycles. The van der Waals surface area contributed by atoms with E-state index in [4.69, 9.17) is 5.73 Å². The van der Waals surface area contributed by atoms with Gasteiger partial charge in [0.15, 0.2) is 0 Å². The van der Waals surface area contributed by atoms with Crippen molar-refractivity contribution in [2.75, 3.05) is 0 Å². The van der Waals surface area contributed by atoms with Gasteiger partial charge in [-0.1, -0.05) is 12.1 Å². The van der Waals surface area contributed by atoms with E-state index in [1.807, 2.05) is 0 Å². The van der Waals surface area contributed by atoms with Gasteiger partial charge in [-0.2, -0.15) is 13.2 Å². The molecular formula is C12H12F5N. The molecule has 1 aliphatic carbocycles. The van der Waals surface area contributed by atoms with Crippen LogP contribution in [0.1, 0.15) is 30.4 Å². The molecule has 0 aliphatic heterocycles. The first-order valence-corrected chi connectivity index (χ1v) is 5.47. The van der Waals surface area contributed by atoms with Gasteiger partial charge >= 0.3 is 6.18 Å². The zero-order valence-electron chi connectivity index (χ0n) is 9.40. The fourth-order valence-corrected chi connectivity index (χ4v) is 2.28. The van der Waals surface area contributed by atoms with Crippen LogP contribution in [0.4, 0.5) is 22.0 Å². The number of nitrogens with two attached hydrogens (primary N) is 1. The third-order valence-electron chi connectivity index (χ3n) is 3.30. The summed E-state index contributed by atoms with van der Waals surface area (Å²) in [5, 5.41) is 0. The average molecular weight is 265 g/mol. The van der Waals surface area contributed by atoms with Crippen LogP contribution in [-0.2, 0) is 11.7 Å². The first kappa shape index (κ1) is 13.3. The molecule has 0 amide bonds. The molecule has 0 heterocycles. The molecule has 1 atom stereocenters. The average Bonchev–Trinajstić information content (AvgIpc) is 2.53. The third kappa shape index (κ3) is 2.48. The van der Waals surface area contributed by atoms with Gasteiger partial charge in [-0.05, 0) is 24.1 Å². The fraction of sp³-hybridized carbons (Fsp3) is 0.500. The van der Waals surface area contributed by atoms with Crippen molar-refractivity contribution in [2.24, 2.45) is 5.73 Å². The molecule has 1 saturated carbocycles. The van der Waals surface area contributed by atoms with Gasteiger partial charge in [0.25, 0.3) is 0 Å². The lowest BCUT2D eigenvalue weighted by Crippen LogP contribution is -2.35. The van der Waals surface area contributed by atoms with Crippen molar-refractivity contribution in [3.63, 3.8) is 0 Å². The van der Waals surface area contributed by atoms with Gasteiger partial charge in [-0.15, -0.1) is 0 Å². The van der Waals surface area contributed by atoms with Crippen LogP contribution in [0.3, 0.4) is 0 Å². The minimum Gasteiger partial charge on any atom is -0.321 e. The molecule has 100 valence electrons. The highest BCUT2D eigenvalue weighted by Gasteiger charge is 2.48. The Morgan fingerprint density at radius 1 is 1.00 bits per heavy atom. The molecule has 1 aromatic rings. The molecule has 1 aromatic carbocycles. The van der Waals surface area contributed by atoms with E-state index >= 15 is 0 Å². The van der Waals surface area contributed by atoms with Crippen molar-refractivity contribution in [3.8, 4) is 0 Å². The molecule has 0 bridgehead atoms. The highest BCUT2D eigenvalue weighted by Crippen LogP contribution is 2.45. The monoisotopic (exact) mass is 265 g/mol. The molecule has 1 nitrogen and oxygen atoms in total. The Kier molecular flexibility index (Phi) is 2.88. The molecule has 6 heteroatoms. The number of halogens is 5. The Balaban J connectivity index is 2.26. The van der Waals surface area contributed by atoms with Gasteiger partial charge in [0, 0.05) is 18.4 Å². The summed E-state index contributed by atoms with van der Waals surface area (Å²) >= 11 is 0. The van der Waals surface area contributed by atoms with E-state index < -0.39 is 29.6 Å². The quantitative estimate of drug-likeness (QED) is 0.770. The summed E-state index contributed by atoms with van der Waals surface area (Å²) in [5.74, 6) is -2.84. The summed E-state index contributed by atoms with van der Waals surface area (Å²) in [6.45, 7) is 0. The van der Waals surface area contributed by atoms with Crippen LogP contribution < -0.4 is 5.73 Å². The van der Waals surface area contributed by atoms with Gasteiger partial charge in [-0.25, -0.2) is 8.78 Å². The molecule has 2 rings (SSSR count). The molecule has 2 N–H and O–H groups in total. The van der Waals surface area contributed by atoms with Crippen molar-refractivity contribution >= 4 is 0 Å². The second-order valence-corrected chi connectivity index (χ2v) is 4.76. The van der Waals surface area contributed by atoms with Crippen molar-refractivity contribution < 1.29 is 22.0 Å². The maximum absolute atomic E-state index is 13.1. The molecule has 1 fully saturated rings. The lowest BCUT2D eigenvalue weighted by Gasteiger charge is -2.24. The molecule has 0 spiro atoms. The van der Waals surface area contributed by atoms with E-state index in [0.717, 1.165) is 12.1 Å². The smallest absolute Gasteiger partial charge is 0.321 e. The molecule has 0 saturated heterocycles. The van der Waals surface area contributed by atoms with Gasteiger partial charge in [0.05, 0.1) is 5.56 Å². The van der Waals surface area contributed by atoms with Crippen LogP contribution in [0, 0.1) is 0 Å². The zero-order valence-corrected chi connectivity index (χ0v) is 9.40.